The van der Waals surface area contributed by atoms with E-state index in [1.165, 1.54) is 11.1 Å². The highest BCUT2D eigenvalue weighted by Gasteiger charge is 2.20. The molecule has 3 heteroatoms. The van der Waals surface area contributed by atoms with Crippen molar-refractivity contribution in [2.24, 2.45) is 0 Å². The Labute approximate surface area is 220 Å². The zero-order valence-electron chi connectivity index (χ0n) is 21.7. The summed E-state index contributed by atoms with van der Waals surface area (Å²) in [6.07, 6.45) is 7.74. The summed E-state index contributed by atoms with van der Waals surface area (Å²) >= 11 is 0. The van der Waals surface area contributed by atoms with Gasteiger partial charge in [-0.3, -0.25) is 4.90 Å². The molecule has 1 fully saturated rings. The van der Waals surface area contributed by atoms with Crippen molar-refractivity contribution in [2.45, 2.75) is 32.6 Å². The molecule has 1 heterocycles. The average molecular weight is 488 g/mol. The molecule has 0 radical (unpaired) electrons. The molecular formula is C34H33NO2. The van der Waals surface area contributed by atoms with Crippen LogP contribution >= 0.6 is 0 Å². The number of piperidine rings is 1. The van der Waals surface area contributed by atoms with E-state index in [4.69, 9.17) is 11.2 Å². The molecule has 1 saturated heterocycles. The smallest absolute Gasteiger partial charge is 0.338 e. The molecule has 5 rings (SSSR count). The number of nitrogens with zero attached hydrogens (tertiary/aromatic N) is 1. The SMILES string of the molecule is C#CCN1CCC(c2ccc(-c3cc(C(=O)OCC)cc4cc(-c5ccc(C)cc5)ccc34)cc2)CC1. The number of terminal acetylenes is 1. The van der Waals surface area contributed by atoms with Crippen LogP contribution in [-0.4, -0.2) is 37.1 Å². The Kier molecular flexibility index (Phi) is 7.40. The van der Waals surface area contributed by atoms with Crippen molar-refractivity contribution in [2.75, 3.05) is 26.2 Å². The summed E-state index contributed by atoms with van der Waals surface area (Å²) in [6.45, 7) is 7.12. The summed E-state index contributed by atoms with van der Waals surface area (Å²) in [5, 5.41) is 2.16. The first kappa shape index (κ1) is 24.8. The van der Waals surface area contributed by atoms with Crippen LogP contribution in [0.15, 0.2) is 78.9 Å². The number of aryl methyl sites for hydroxylation is 1. The van der Waals surface area contributed by atoms with Crippen molar-refractivity contribution >= 4 is 16.7 Å². The minimum atomic E-state index is -0.290. The second-order valence-electron chi connectivity index (χ2n) is 9.92. The molecule has 0 amide bonds. The monoisotopic (exact) mass is 487 g/mol. The van der Waals surface area contributed by atoms with Gasteiger partial charge in [0.25, 0.3) is 0 Å². The molecule has 0 bridgehead atoms. The fourth-order valence-electron chi connectivity index (χ4n) is 5.35. The van der Waals surface area contributed by atoms with Crippen LogP contribution < -0.4 is 0 Å². The lowest BCUT2D eigenvalue weighted by Gasteiger charge is -2.30. The fourth-order valence-corrected chi connectivity index (χ4v) is 5.35. The highest BCUT2D eigenvalue weighted by molar-refractivity contribution is 6.04. The first-order chi connectivity index (χ1) is 18.1. The number of rotatable bonds is 6. The number of hydrogen-bond acceptors (Lipinski definition) is 3. The third-order valence-corrected chi connectivity index (χ3v) is 7.44. The molecule has 0 unspecified atom stereocenters. The van der Waals surface area contributed by atoms with Crippen molar-refractivity contribution in [3.8, 4) is 34.6 Å². The largest absolute Gasteiger partial charge is 0.462 e. The van der Waals surface area contributed by atoms with E-state index in [0.717, 1.165) is 65.5 Å². The number of esters is 1. The van der Waals surface area contributed by atoms with Gasteiger partial charge in [-0.1, -0.05) is 72.1 Å². The summed E-state index contributed by atoms with van der Waals surface area (Å²) in [6, 6.07) is 27.9. The normalized spacial score (nSPS) is 14.4. The molecule has 0 N–H and O–H groups in total. The molecular weight excluding hydrogens is 454 g/mol. The van der Waals surface area contributed by atoms with E-state index in [2.05, 4.69) is 84.5 Å². The van der Waals surface area contributed by atoms with E-state index in [1.54, 1.807) is 0 Å². The van der Waals surface area contributed by atoms with E-state index in [1.807, 2.05) is 19.1 Å². The summed E-state index contributed by atoms with van der Waals surface area (Å²) in [5.74, 6) is 3.03. The Morgan fingerprint density at radius 2 is 1.59 bits per heavy atom. The van der Waals surface area contributed by atoms with E-state index >= 15 is 0 Å². The van der Waals surface area contributed by atoms with E-state index in [0.29, 0.717) is 18.1 Å². The standard InChI is InChI=1S/C34H33NO2/c1-4-18-35-19-16-27(17-20-35)25-10-12-28(13-11-25)33-23-31(34(36)37-5-2)22-30-21-29(14-15-32(30)33)26-8-6-24(3)7-9-26/h1,6-15,21-23,27H,5,16-20H2,2-3H3. The van der Waals surface area contributed by atoms with Crippen LogP contribution in [0, 0.1) is 19.3 Å². The van der Waals surface area contributed by atoms with Gasteiger partial charge in [-0.25, -0.2) is 4.79 Å². The topological polar surface area (TPSA) is 29.5 Å². The first-order valence-corrected chi connectivity index (χ1v) is 13.1. The van der Waals surface area contributed by atoms with E-state index < -0.39 is 0 Å². The number of ether oxygens (including phenoxy) is 1. The molecule has 0 aromatic heterocycles. The molecule has 4 aromatic rings. The summed E-state index contributed by atoms with van der Waals surface area (Å²) in [7, 11) is 0. The van der Waals surface area contributed by atoms with Gasteiger partial charge in [0.2, 0.25) is 0 Å². The molecule has 0 atom stereocenters. The molecule has 0 saturated carbocycles. The maximum absolute atomic E-state index is 12.8. The number of likely N-dealkylation sites (tertiary alicyclic amines) is 1. The van der Waals surface area contributed by atoms with Gasteiger partial charge in [-0.05, 0) is 102 Å². The predicted molar refractivity (Wildman–Crippen MR) is 153 cm³/mol. The van der Waals surface area contributed by atoms with Crippen LogP contribution in [-0.2, 0) is 4.74 Å². The van der Waals surface area contributed by atoms with Crippen molar-refractivity contribution in [3.05, 3.63) is 95.6 Å². The Balaban J connectivity index is 1.50. The van der Waals surface area contributed by atoms with Crippen LogP contribution in [0.2, 0.25) is 0 Å². The Bertz CT molecular complexity index is 1440. The van der Waals surface area contributed by atoms with Crippen LogP contribution in [0.1, 0.15) is 47.2 Å². The first-order valence-electron chi connectivity index (χ1n) is 13.1. The minimum absolute atomic E-state index is 0.290. The molecule has 1 aliphatic heterocycles. The molecule has 0 aliphatic carbocycles. The van der Waals surface area contributed by atoms with Gasteiger partial charge >= 0.3 is 5.97 Å². The maximum atomic E-state index is 12.8. The van der Waals surface area contributed by atoms with Gasteiger partial charge in [0.05, 0.1) is 18.7 Å². The lowest BCUT2D eigenvalue weighted by atomic mass is 9.87. The summed E-state index contributed by atoms with van der Waals surface area (Å²) in [4.78, 5) is 15.1. The van der Waals surface area contributed by atoms with Gasteiger partial charge in [0.15, 0.2) is 0 Å². The number of fused-ring (bicyclic) bond motifs is 1. The van der Waals surface area contributed by atoms with Gasteiger partial charge in [0.1, 0.15) is 0 Å². The van der Waals surface area contributed by atoms with Gasteiger partial charge in [-0.15, -0.1) is 6.42 Å². The fraction of sp³-hybridized carbons (Fsp3) is 0.265. The molecule has 1 aliphatic rings. The molecule has 0 spiro atoms. The van der Waals surface area contributed by atoms with Gasteiger partial charge in [0, 0.05) is 0 Å². The molecule has 37 heavy (non-hydrogen) atoms. The quantitative estimate of drug-likeness (QED) is 0.209. The van der Waals surface area contributed by atoms with Crippen LogP contribution in [0.3, 0.4) is 0 Å². The van der Waals surface area contributed by atoms with Crippen LogP contribution in [0.25, 0.3) is 33.0 Å². The predicted octanol–water partition coefficient (Wildman–Crippen LogP) is 7.47. The van der Waals surface area contributed by atoms with Gasteiger partial charge < -0.3 is 4.74 Å². The molecule has 4 aromatic carbocycles. The number of hydrogen-bond donors (Lipinski definition) is 0. The van der Waals surface area contributed by atoms with E-state index in [9.17, 15) is 4.79 Å². The third kappa shape index (κ3) is 5.45. The zero-order valence-corrected chi connectivity index (χ0v) is 21.7. The van der Waals surface area contributed by atoms with Crippen molar-refractivity contribution < 1.29 is 9.53 Å². The number of benzene rings is 4. The zero-order chi connectivity index (χ0) is 25.8. The van der Waals surface area contributed by atoms with Crippen molar-refractivity contribution in [3.63, 3.8) is 0 Å². The Hall–Kier alpha value is -3.87. The number of carbonyl (C=O) groups excluding carboxylic acids is 1. The second kappa shape index (κ2) is 11.0. The van der Waals surface area contributed by atoms with Crippen LogP contribution in [0.5, 0.6) is 0 Å². The van der Waals surface area contributed by atoms with E-state index in [-0.39, 0.29) is 5.97 Å². The highest BCUT2D eigenvalue weighted by atomic mass is 16.5. The van der Waals surface area contributed by atoms with Crippen molar-refractivity contribution in [1.82, 2.24) is 4.90 Å². The minimum Gasteiger partial charge on any atom is -0.462 e. The highest BCUT2D eigenvalue weighted by Crippen LogP contribution is 2.35. The lowest BCUT2D eigenvalue weighted by molar-refractivity contribution is 0.0526. The lowest BCUT2D eigenvalue weighted by Crippen LogP contribution is -2.33. The molecule has 3 nitrogen and oxygen atoms in total. The average Bonchev–Trinajstić information content (AvgIpc) is 2.93. The Morgan fingerprint density at radius 1 is 0.919 bits per heavy atom. The third-order valence-electron chi connectivity index (χ3n) is 7.44. The maximum Gasteiger partial charge on any atom is 0.338 e. The number of carbonyl (C=O) groups is 1. The van der Waals surface area contributed by atoms with Crippen LogP contribution in [0.4, 0.5) is 0 Å². The molecule has 186 valence electrons. The Morgan fingerprint density at radius 3 is 2.27 bits per heavy atom. The summed E-state index contributed by atoms with van der Waals surface area (Å²) in [5.41, 5.74) is 7.63. The summed E-state index contributed by atoms with van der Waals surface area (Å²) < 4.78 is 5.37. The van der Waals surface area contributed by atoms with Crippen molar-refractivity contribution in [1.29, 1.82) is 0 Å². The second-order valence-corrected chi connectivity index (χ2v) is 9.92. The van der Waals surface area contributed by atoms with Gasteiger partial charge in [-0.2, -0.15) is 0 Å².